The summed E-state index contributed by atoms with van der Waals surface area (Å²) < 4.78 is 1.37. The van der Waals surface area contributed by atoms with Crippen molar-refractivity contribution in [3.8, 4) is 0 Å². The maximum absolute atomic E-state index is 12.6. The van der Waals surface area contributed by atoms with E-state index in [1.807, 2.05) is 65.6 Å². The molecule has 1 saturated heterocycles. The van der Waals surface area contributed by atoms with Crippen molar-refractivity contribution >= 4 is 23.2 Å². The highest BCUT2D eigenvalue weighted by Crippen LogP contribution is 2.22. The summed E-state index contributed by atoms with van der Waals surface area (Å²) in [6.45, 7) is 2.53. The van der Waals surface area contributed by atoms with Gasteiger partial charge in [0, 0.05) is 25.2 Å². The molecule has 1 amide bonds. The van der Waals surface area contributed by atoms with Gasteiger partial charge in [0.2, 0.25) is 0 Å². The molecule has 2 aromatic carbocycles. The van der Waals surface area contributed by atoms with Crippen molar-refractivity contribution < 1.29 is 4.79 Å². The number of halogens is 1. The van der Waals surface area contributed by atoms with Crippen LogP contribution in [0.4, 0.5) is 5.69 Å². The summed E-state index contributed by atoms with van der Waals surface area (Å²) in [6.07, 6.45) is 3.42. The third kappa shape index (κ3) is 5.14. The first-order chi connectivity index (χ1) is 15.1. The normalized spacial score (nSPS) is 14.4. The van der Waals surface area contributed by atoms with Crippen molar-refractivity contribution in [2.45, 2.75) is 19.4 Å². The number of nitrogens with zero attached hydrogens (tertiary/aromatic N) is 3. The number of rotatable bonds is 6. The third-order valence-electron chi connectivity index (χ3n) is 5.66. The number of benzene rings is 2. The van der Waals surface area contributed by atoms with E-state index < -0.39 is 0 Å². The molecule has 3 aromatic rings. The van der Waals surface area contributed by atoms with E-state index in [0.29, 0.717) is 24.7 Å². The lowest BCUT2D eigenvalue weighted by atomic mass is 9.96. The van der Waals surface area contributed by atoms with Gasteiger partial charge in [0.15, 0.2) is 0 Å². The second kappa shape index (κ2) is 9.79. The van der Waals surface area contributed by atoms with Gasteiger partial charge in [-0.15, -0.1) is 0 Å². The molecule has 1 N–H and O–H groups in total. The summed E-state index contributed by atoms with van der Waals surface area (Å²) >= 11 is 6.33. The van der Waals surface area contributed by atoms with Crippen molar-refractivity contribution in [2.24, 2.45) is 5.92 Å². The van der Waals surface area contributed by atoms with Crippen LogP contribution in [0, 0.1) is 5.92 Å². The van der Waals surface area contributed by atoms with E-state index in [9.17, 15) is 9.59 Å². The lowest BCUT2D eigenvalue weighted by molar-refractivity contribution is 0.0695. The van der Waals surface area contributed by atoms with Gasteiger partial charge in [-0.05, 0) is 36.5 Å². The Morgan fingerprint density at radius 1 is 1.03 bits per heavy atom. The number of carbonyl (C=O) groups excluding carboxylic acids is 1. The van der Waals surface area contributed by atoms with Crippen molar-refractivity contribution in [3.05, 3.63) is 93.4 Å². The molecule has 2 heterocycles. The Morgan fingerprint density at radius 3 is 2.35 bits per heavy atom. The van der Waals surface area contributed by atoms with Crippen molar-refractivity contribution in [1.82, 2.24) is 14.7 Å². The van der Waals surface area contributed by atoms with Crippen LogP contribution in [0.15, 0.2) is 71.7 Å². The van der Waals surface area contributed by atoms with Gasteiger partial charge in [-0.3, -0.25) is 9.59 Å². The predicted octanol–water partition coefficient (Wildman–Crippen LogP) is 3.91. The Kier molecular flexibility index (Phi) is 6.67. The van der Waals surface area contributed by atoms with E-state index >= 15 is 0 Å². The second-order valence-corrected chi connectivity index (χ2v) is 8.18. The zero-order valence-electron chi connectivity index (χ0n) is 17.2. The summed E-state index contributed by atoms with van der Waals surface area (Å²) in [7, 11) is 0. The number of anilines is 1. The highest BCUT2D eigenvalue weighted by atomic mass is 35.5. The summed E-state index contributed by atoms with van der Waals surface area (Å²) in [4.78, 5) is 27.1. The van der Waals surface area contributed by atoms with Gasteiger partial charge < -0.3 is 10.2 Å². The predicted molar refractivity (Wildman–Crippen MR) is 123 cm³/mol. The molecule has 160 valence electrons. The monoisotopic (exact) mass is 436 g/mol. The Balaban J connectivity index is 1.31. The minimum Gasteiger partial charge on any atom is -0.382 e. The van der Waals surface area contributed by atoms with E-state index in [2.05, 4.69) is 10.4 Å². The van der Waals surface area contributed by atoms with Gasteiger partial charge in [0.1, 0.15) is 5.02 Å². The quantitative estimate of drug-likeness (QED) is 0.636. The van der Waals surface area contributed by atoms with Gasteiger partial charge >= 0.3 is 0 Å². The maximum Gasteiger partial charge on any atom is 0.287 e. The minimum absolute atomic E-state index is 0.0845. The zero-order chi connectivity index (χ0) is 21.6. The first kappa shape index (κ1) is 21.1. The van der Waals surface area contributed by atoms with Gasteiger partial charge in [-0.25, -0.2) is 4.68 Å². The van der Waals surface area contributed by atoms with Crippen molar-refractivity contribution in [3.63, 3.8) is 0 Å². The molecule has 1 aromatic heterocycles. The molecule has 0 spiro atoms. The number of carbonyl (C=O) groups is 1. The molecule has 6 nitrogen and oxygen atoms in total. The number of hydrogen-bond donors (Lipinski definition) is 1. The van der Waals surface area contributed by atoms with E-state index in [-0.39, 0.29) is 16.5 Å². The molecule has 0 bridgehead atoms. The highest BCUT2D eigenvalue weighted by molar-refractivity contribution is 6.32. The topological polar surface area (TPSA) is 67.2 Å². The Morgan fingerprint density at radius 2 is 1.68 bits per heavy atom. The number of hydrogen-bond acceptors (Lipinski definition) is 4. The molecular formula is C24H25ClN4O2. The summed E-state index contributed by atoms with van der Waals surface area (Å²) in [5.74, 6) is 0.490. The number of amides is 1. The minimum atomic E-state index is -0.307. The zero-order valence-corrected chi connectivity index (χ0v) is 18.0. The molecule has 1 fully saturated rings. The molecular weight excluding hydrogens is 412 g/mol. The number of nitrogens with one attached hydrogen (secondary N) is 1. The van der Waals surface area contributed by atoms with E-state index in [4.69, 9.17) is 11.6 Å². The van der Waals surface area contributed by atoms with E-state index in [1.54, 1.807) is 6.20 Å². The fourth-order valence-corrected chi connectivity index (χ4v) is 4.03. The van der Waals surface area contributed by atoms with Gasteiger partial charge in [-0.2, -0.15) is 5.10 Å². The molecule has 0 aliphatic carbocycles. The largest absolute Gasteiger partial charge is 0.382 e. The number of likely N-dealkylation sites (tertiary alicyclic amines) is 1. The SMILES string of the molecule is O=C(c1ccccc1)N1CCC(CNc2cnn(Cc3ccccc3)c(=O)c2Cl)CC1. The molecule has 0 radical (unpaired) electrons. The average Bonchev–Trinajstić information content (AvgIpc) is 2.83. The van der Waals surface area contributed by atoms with Crippen LogP contribution < -0.4 is 10.9 Å². The van der Waals surface area contributed by atoms with Crippen molar-refractivity contribution in [1.29, 1.82) is 0 Å². The fourth-order valence-electron chi connectivity index (χ4n) is 3.82. The lowest BCUT2D eigenvalue weighted by Crippen LogP contribution is -2.40. The maximum atomic E-state index is 12.6. The fraction of sp³-hybridized carbons (Fsp3) is 0.292. The summed E-state index contributed by atoms with van der Waals surface area (Å²) in [5, 5.41) is 7.71. The van der Waals surface area contributed by atoms with Gasteiger partial charge in [0.25, 0.3) is 11.5 Å². The Labute approximate surface area is 186 Å². The van der Waals surface area contributed by atoms with Crippen LogP contribution in [0.2, 0.25) is 5.02 Å². The summed E-state index contributed by atoms with van der Waals surface area (Å²) in [6, 6.07) is 19.1. The first-order valence-electron chi connectivity index (χ1n) is 10.5. The van der Waals surface area contributed by atoms with Crippen LogP contribution in [-0.4, -0.2) is 40.2 Å². The molecule has 0 unspecified atom stereocenters. The highest BCUT2D eigenvalue weighted by Gasteiger charge is 2.23. The molecule has 31 heavy (non-hydrogen) atoms. The van der Waals surface area contributed by atoms with Gasteiger partial charge in [-0.1, -0.05) is 60.1 Å². The van der Waals surface area contributed by atoms with E-state index in [0.717, 1.165) is 37.1 Å². The van der Waals surface area contributed by atoms with Crippen molar-refractivity contribution in [2.75, 3.05) is 25.0 Å². The number of piperidine rings is 1. The lowest BCUT2D eigenvalue weighted by Gasteiger charge is -2.32. The molecule has 4 rings (SSSR count). The number of aromatic nitrogens is 2. The van der Waals surface area contributed by atoms with Crippen LogP contribution in [0.5, 0.6) is 0 Å². The van der Waals surface area contributed by atoms with Gasteiger partial charge in [0.05, 0.1) is 18.4 Å². The standard InChI is InChI=1S/C24H25ClN4O2/c25-22-21(16-27-29(24(22)31)17-19-7-3-1-4-8-19)26-15-18-11-13-28(14-12-18)23(30)20-9-5-2-6-10-20/h1-10,16,18,26H,11-15,17H2. The van der Waals surface area contributed by atoms with Crippen LogP contribution in [0.3, 0.4) is 0 Å². The van der Waals surface area contributed by atoms with E-state index in [1.165, 1.54) is 4.68 Å². The average molecular weight is 437 g/mol. The Hall–Kier alpha value is -3.12. The van der Waals surface area contributed by atoms with Crippen LogP contribution in [0.1, 0.15) is 28.8 Å². The van der Waals surface area contributed by atoms with Crippen LogP contribution >= 0.6 is 11.6 Å². The molecule has 1 aliphatic rings. The smallest absolute Gasteiger partial charge is 0.287 e. The molecule has 0 atom stereocenters. The van der Waals surface area contributed by atoms with Crippen LogP contribution in [-0.2, 0) is 6.54 Å². The summed E-state index contributed by atoms with van der Waals surface area (Å²) in [5.41, 5.74) is 1.97. The molecule has 7 heteroatoms. The third-order valence-corrected chi connectivity index (χ3v) is 6.03. The molecule has 0 saturated carbocycles. The Bertz CT molecular complexity index is 1080. The van der Waals surface area contributed by atoms with Crippen LogP contribution in [0.25, 0.3) is 0 Å². The molecule has 1 aliphatic heterocycles. The first-order valence-corrected chi connectivity index (χ1v) is 10.9. The second-order valence-electron chi connectivity index (χ2n) is 7.80.